The van der Waals surface area contributed by atoms with Gasteiger partial charge in [0.1, 0.15) is 0 Å². The van der Waals surface area contributed by atoms with Gasteiger partial charge in [0, 0.05) is 21.9 Å². The van der Waals surface area contributed by atoms with Crippen LogP contribution in [0.1, 0.15) is 28.5 Å². The van der Waals surface area contributed by atoms with Crippen molar-refractivity contribution in [2.24, 2.45) is 0 Å². The van der Waals surface area contributed by atoms with E-state index in [2.05, 4.69) is 45.5 Å². The van der Waals surface area contributed by atoms with E-state index in [9.17, 15) is 0 Å². The number of thiophene rings is 1. The molecule has 1 unspecified atom stereocenters. The molecule has 2 aromatic rings. The molecule has 18 heavy (non-hydrogen) atoms. The van der Waals surface area contributed by atoms with Gasteiger partial charge in [-0.25, -0.2) is 0 Å². The molecule has 1 N–H and O–H groups in total. The number of hydrogen-bond acceptors (Lipinski definition) is 2. The van der Waals surface area contributed by atoms with Crippen molar-refractivity contribution in [3.63, 3.8) is 0 Å². The van der Waals surface area contributed by atoms with Crippen LogP contribution in [0.5, 0.6) is 0 Å². The van der Waals surface area contributed by atoms with Crippen LogP contribution in [0, 0.1) is 0 Å². The molecule has 1 heterocycles. The van der Waals surface area contributed by atoms with Crippen molar-refractivity contribution in [1.82, 2.24) is 5.32 Å². The summed E-state index contributed by atoms with van der Waals surface area (Å²) in [4.78, 5) is 1.29. The van der Waals surface area contributed by atoms with Crippen molar-refractivity contribution in [1.29, 1.82) is 0 Å². The van der Waals surface area contributed by atoms with E-state index in [1.165, 1.54) is 26.9 Å². The molecule has 1 atom stereocenters. The summed E-state index contributed by atoms with van der Waals surface area (Å²) in [7, 11) is 0. The average molecular weight is 343 g/mol. The van der Waals surface area contributed by atoms with E-state index in [-0.39, 0.29) is 0 Å². The van der Waals surface area contributed by atoms with Crippen molar-refractivity contribution in [3.8, 4) is 0 Å². The first-order chi connectivity index (χ1) is 8.74. The second kappa shape index (κ2) is 5.33. The number of hydrogen-bond donors (Lipinski definition) is 1. The lowest BCUT2D eigenvalue weighted by atomic mass is 10.1. The SMILES string of the molecule is Clc1ccc(CNC2CCc3c(Br)cccc32)s1. The lowest BCUT2D eigenvalue weighted by Crippen LogP contribution is -2.17. The molecular formula is C14H13BrClNS. The summed E-state index contributed by atoms with van der Waals surface area (Å²) in [6.45, 7) is 0.897. The van der Waals surface area contributed by atoms with Crippen LogP contribution in [0.25, 0.3) is 0 Å². The van der Waals surface area contributed by atoms with E-state index >= 15 is 0 Å². The number of halogens is 2. The Kier molecular flexibility index (Phi) is 3.76. The lowest BCUT2D eigenvalue weighted by molar-refractivity contribution is 0.533. The van der Waals surface area contributed by atoms with E-state index in [1.807, 2.05) is 6.07 Å². The Labute approximate surface area is 124 Å². The third-order valence-electron chi connectivity index (χ3n) is 3.37. The molecule has 0 saturated heterocycles. The number of benzene rings is 1. The Morgan fingerprint density at radius 3 is 3.00 bits per heavy atom. The summed E-state index contributed by atoms with van der Waals surface area (Å²) in [6.07, 6.45) is 2.33. The zero-order chi connectivity index (χ0) is 12.5. The molecule has 4 heteroatoms. The molecule has 1 nitrogen and oxygen atoms in total. The third-order valence-corrected chi connectivity index (χ3v) is 5.34. The summed E-state index contributed by atoms with van der Waals surface area (Å²) in [5, 5.41) is 3.63. The molecule has 0 radical (unpaired) electrons. The van der Waals surface area contributed by atoms with E-state index in [1.54, 1.807) is 11.3 Å². The Morgan fingerprint density at radius 2 is 2.22 bits per heavy atom. The molecule has 1 aliphatic carbocycles. The number of fused-ring (bicyclic) bond motifs is 1. The molecule has 1 aromatic heterocycles. The van der Waals surface area contributed by atoms with Crippen LogP contribution in [0.15, 0.2) is 34.8 Å². The first-order valence-corrected chi connectivity index (χ1v) is 7.97. The molecule has 3 rings (SSSR count). The molecule has 1 aromatic carbocycles. The Morgan fingerprint density at radius 1 is 1.33 bits per heavy atom. The highest BCUT2D eigenvalue weighted by Crippen LogP contribution is 2.36. The molecule has 0 aliphatic heterocycles. The normalized spacial score (nSPS) is 18.0. The van der Waals surface area contributed by atoms with E-state index < -0.39 is 0 Å². The van der Waals surface area contributed by atoms with Gasteiger partial charge in [-0.2, -0.15) is 0 Å². The molecular weight excluding hydrogens is 330 g/mol. The van der Waals surface area contributed by atoms with E-state index in [0.29, 0.717) is 6.04 Å². The summed E-state index contributed by atoms with van der Waals surface area (Å²) in [5.74, 6) is 0. The highest BCUT2D eigenvalue weighted by molar-refractivity contribution is 9.10. The minimum atomic E-state index is 0.471. The Bertz CT molecular complexity index is 567. The first-order valence-electron chi connectivity index (χ1n) is 5.99. The van der Waals surface area contributed by atoms with Gasteiger partial charge in [0.15, 0.2) is 0 Å². The van der Waals surface area contributed by atoms with Crippen molar-refractivity contribution < 1.29 is 0 Å². The first kappa shape index (κ1) is 12.7. The monoisotopic (exact) mass is 341 g/mol. The Balaban J connectivity index is 1.71. The van der Waals surface area contributed by atoms with Crippen LogP contribution in [-0.2, 0) is 13.0 Å². The predicted molar refractivity (Wildman–Crippen MR) is 81.4 cm³/mol. The molecule has 0 amide bonds. The van der Waals surface area contributed by atoms with E-state index in [4.69, 9.17) is 11.6 Å². The average Bonchev–Trinajstić information content (AvgIpc) is 2.94. The molecule has 0 spiro atoms. The largest absolute Gasteiger partial charge is 0.305 e. The highest BCUT2D eigenvalue weighted by atomic mass is 79.9. The predicted octanol–water partition coefficient (Wildman–Crippen LogP) is 4.94. The zero-order valence-corrected chi connectivity index (χ0v) is 12.9. The topological polar surface area (TPSA) is 12.0 Å². The maximum atomic E-state index is 5.94. The van der Waals surface area contributed by atoms with Gasteiger partial charge in [0.25, 0.3) is 0 Å². The maximum Gasteiger partial charge on any atom is 0.0931 e. The summed E-state index contributed by atoms with van der Waals surface area (Å²) < 4.78 is 2.10. The molecule has 0 fully saturated rings. The second-order valence-electron chi connectivity index (χ2n) is 4.49. The van der Waals surface area contributed by atoms with Crippen molar-refractivity contribution in [2.45, 2.75) is 25.4 Å². The number of nitrogens with one attached hydrogen (secondary N) is 1. The van der Waals surface area contributed by atoms with Gasteiger partial charge in [0.05, 0.1) is 4.34 Å². The maximum absolute atomic E-state index is 5.94. The van der Waals surface area contributed by atoms with E-state index in [0.717, 1.165) is 17.3 Å². The standard InChI is InChI=1S/C14H13BrClNS/c15-12-3-1-2-11-10(12)5-6-13(11)17-8-9-4-7-14(16)18-9/h1-4,7,13,17H,5-6,8H2. The van der Waals surface area contributed by atoms with Gasteiger partial charge in [-0.15, -0.1) is 11.3 Å². The fourth-order valence-corrected chi connectivity index (χ4v) is 4.11. The summed E-state index contributed by atoms with van der Waals surface area (Å²) in [6, 6.07) is 11.0. The van der Waals surface area contributed by atoms with Gasteiger partial charge in [-0.1, -0.05) is 39.7 Å². The van der Waals surface area contributed by atoms with Crippen molar-refractivity contribution in [3.05, 3.63) is 55.1 Å². The minimum Gasteiger partial charge on any atom is -0.305 e. The van der Waals surface area contributed by atoms with Gasteiger partial charge in [-0.3, -0.25) is 0 Å². The van der Waals surface area contributed by atoms with Crippen LogP contribution in [0.2, 0.25) is 4.34 Å². The summed E-state index contributed by atoms with van der Waals surface area (Å²) >= 11 is 11.2. The molecule has 0 bridgehead atoms. The smallest absolute Gasteiger partial charge is 0.0931 e. The van der Waals surface area contributed by atoms with Crippen LogP contribution in [0.3, 0.4) is 0 Å². The molecule has 0 saturated carbocycles. The van der Waals surface area contributed by atoms with Crippen LogP contribution < -0.4 is 5.32 Å². The van der Waals surface area contributed by atoms with Gasteiger partial charge >= 0.3 is 0 Å². The summed E-state index contributed by atoms with van der Waals surface area (Å²) in [5.41, 5.74) is 2.89. The lowest BCUT2D eigenvalue weighted by Gasteiger charge is -2.13. The van der Waals surface area contributed by atoms with Crippen molar-refractivity contribution >= 4 is 38.9 Å². The highest BCUT2D eigenvalue weighted by Gasteiger charge is 2.23. The quantitative estimate of drug-likeness (QED) is 0.833. The Hall–Kier alpha value is -0.350. The van der Waals surface area contributed by atoms with Gasteiger partial charge < -0.3 is 5.32 Å². The van der Waals surface area contributed by atoms with Crippen LogP contribution in [-0.4, -0.2) is 0 Å². The fourth-order valence-electron chi connectivity index (χ4n) is 2.49. The van der Waals surface area contributed by atoms with Crippen molar-refractivity contribution in [2.75, 3.05) is 0 Å². The third kappa shape index (κ3) is 2.50. The minimum absolute atomic E-state index is 0.471. The van der Waals surface area contributed by atoms with Crippen LogP contribution in [0.4, 0.5) is 0 Å². The van der Waals surface area contributed by atoms with Gasteiger partial charge in [0.2, 0.25) is 0 Å². The zero-order valence-electron chi connectivity index (χ0n) is 9.75. The van der Waals surface area contributed by atoms with Crippen LogP contribution >= 0.6 is 38.9 Å². The molecule has 94 valence electrons. The molecule has 1 aliphatic rings. The fraction of sp³-hybridized carbons (Fsp3) is 0.286. The number of rotatable bonds is 3. The van der Waals surface area contributed by atoms with Gasteiger partial charge in [-0.05, 0) is 42.2 Å². The second-order valence-corrected chi connectivity index (χ2v) is 7.14.